The molecule has 1 amide bonds. The van der Waals surface area contributed by atoms with Crippen LogP contribution in [0.1, 0.15) is 33.1 Å². The van der Waals surface area contributed by atoms with Crippen LogP contribution in [0.25, 0.3) is 11.5 Å². The average molecular weight is 345 g/mol. The fourth-order valence-electron chi connectivity index (χ4n) is 3.13. The Labute approximate surface area is 146 Å². The van der Waals surface area contributed by atoms with Gasteiger partial charge in [0.25, 0.3) is 5.22 Å². The van der Waals surface area contributed by atoms with Crippen LogP contribution in [0.5, 0.6) is 0 Å². The number of aromatic nitrogens is 2. The normalized spacial score (nSPS) is 23.8. The van der Waals surface area contributed by atoms with Gasteiger partial charge in [-0.1, -0.05) is 56.7 Å². The molecule has 2 aromatic rings. The summed E-state index contributed by atoms with van der Waals surface area (Å²) < 4.78 is 5.61. The highest BCUT2D eigenvalue weighted by molar-refractivity contribution is 7.99. The molecule has 0 spiro atoms. The highest BCUT2D eigenvalue weighted by Gasteiger charge is 2.28. The molecule has 1 aromatic heterocycles. The van der Waals surface area contributed by atoms with E-state index in [0.29, 0.717) is 28.7 Å². The Hall–Kier alpha value is -1.82. The molecule has 1 aliphatic carbocycles. The number of nitrogens with zero attached hydrogens (tertiary/aromatic N) is 2. The zero-order valence-electron chi connectivity index (χ0n) is 14.1. The maximum atomic E-state index is 12.2. The lowest BCUT2D eigenvalue weighted by molar-refractivity contribution is -0.120. The number of amides is 1. The molecule has 1 N–H and O–H groups in total. The molecule has 1 aliphatic rings. The number of benzene rings is 1. The topological polar surface area (TPSA) is 68.0 Å². The Morgan fingerprint density at radius 3 is 2.83 bits per heavy atom. The van der Waals surface area contributed by atoms with E-state index < -0.39 is 0 Å². The van der Waals surface area contributed by atoms with Gasteiger partial charge in [-0.2, -0.15) is 0 Å². The summed E-state index contributed by atoms with van der Waals surface area (Å²) in [6, 6.07) is 9.90. The molecule has 24 heavy (non-hydrogen) atoms. The predicted octanol–water partition coefficient (Wildman–Crippen LogP) is 3.77. The van der Waals surface area contributed by atoms with Gasteiger partial charge in [-0.15, -0.1) is 10.2 Å². The number of nitrogens with one attached hydrogen (secondary N) is 1. The molecule has 1 fully saturated rings. The van der Waals surface area contributed by atoms with Crippen molar-refractivity contribution in [2.75, 3.05) is 5.75 Å². The van der Waals surface area contributed by atoms with Crippen LogP contribution in [0, 0.1) is 11.8 Å². The summed E-state index contributed by atoms with van der Waals surface area (Å²) in [7, 11) is 0. The van der Waals surface area contributed by atoms with Gasteiger partial charge >= 0.3 is 0 Å². The number of carbonyl (C=O) groups excluding carboxylic acids is 1. The van der Waals surface area contributed by atoms with Gasteiger partial charge < -0.3 is 9.73 Å². The molecule has 0 bridgehead atoms. The number of carbonyl (C=O) groups is 1. The Kier molecular flexibility index (Phi) is 5.56. The predicted molar refractivity (Wildman–Crippen MR) is 94.6 cm³/mol. The highest BCUT2D eigenvalue weighted by atomic mass is 32.2. The summed E-state index contributed by atoms with van der Waals surface area (Å²) in [5.74, 6) is 2.01. The first-order valence-electron chi connectivity index (χ1n) is 8.44. The van der Waals surface area contributed by atoms with Gasteiger partial charge in [-0.05, 0) is 30.4 Å². The fraction of sp³-hybridized carbons (Fsp3) is 0.500. The molecule has 6 heteroatoms. The van der Waals surface area contributed by atoms with E-state index in [1.54, 1.807) is 0 Å². The smallest absolute Gasteiger partial charge is 0.277 e. The maximum Gasteiger partial charge on any atom is 0.277 e. The first-order valence-corrected chi connectivity index (χ1v) is 9.43. The summed E-state index contributed by atoms with van der Waals surface area (Å²) in [6.45, 7) is 4.49. The fourth-order valence-corrected chi connectivity index (χ4v) is 3.70. The molecule has 0 aliphatic heterocycles. The van der Waals surface area contributed by atoms with E-state index in [1.165, 1.54) is 24.6 Å². The molecule has 1 heterocycles. The number of thioether (sulfide) groups is 1. The van der Waals surface area contributed by atoms with E-state index in [9.17, 15) is 4.79 Å². The summed E-state index contributed by atoms with van der Waals surface area (Å²) in [5, 5.41) is 11.6. The summed E-state index contributed by atoms with van der Waals surface area (Å²) in [6.07, 6.45) is 3.51. The third-order valence-electron chi connectivity index (χ3n) is 4.81. The lowest BCUT2D eigenvalue weighted by atomic mass is 9.78. The van der Waals surface area contributed by atoms with Crippen molar-refractivity contribution < 1.29 is 9.21 Å². The van der Waals surface area contributed by atoms with Crippen molar-refractivity contribution >= 4 is 17.7 Å². The molecule has 128 valence electrons. The van der Waals surface area contributed by atoms with Crippen molar-refractivity contribution in [2.24, 2.45) is 11.8 Å². The molecule has 0 radical (unpaired) electrons. The van der Waals surface area contributed by atoms with Crippen LogP contribution >= 0.6 is 11.8 Å². The Morgan fingerprint density at radius 1 is 1.25 bits per heavy atom. The van der Waals surface area contributed by atoms with Crippen molar-refractivity contribution in [3.8, 4) is 11.5 Å². The lowest BCUT2D eigenvalue weighted by Crippen LogP contribution is -2.44. The molecular formula is C18H23N3O2S. The highest BCUT2D eigenvalue weighted by Crippen LogP contribution is 2.29. The minimum Gasteiger partial charge on any atom is -0.411 e. The van der Waals surface area contributed by atoms with E-state index in [4.69, 9.17) is 4.42 Å². The zero-order chi connectivity index (χ0) is 16.9. The molecule has 1 aromatic carbocycles. The van der Waals surface area contributed by atoms with Crippen molar-refractivity contribution in [1.82, 2.24) is 15.5 Å². The Morgan fingerprint density at radius 2 is 2.04 bits per heavy atom. The number of hydrogen-bond donors (Lipinski definition) is 1. The molecule has 1 saturated carbocycles. The zero-order valence-corrected chi connectivity index (χ0v) is 14.9. The van der Waals surface area contributed by atoms with Gasteiger partial charge in [-0.3, -0.25) is 4.79 Å². The van der Waals surface area contributed by atoms with Gasteiger partial charge in [0.2, 0.25) is 11.8 Å². The Bertz CT molecular complexity index is 674. The minimum atomic E-state index is 0.0328. The van der Waals surface area contributed by atoms with Crippen LogP contribution in [0.15, 0.2) is 40.0 Å². The van der Waals surface area contributed by atoms with Crippen molar-refractivity contribution in [1.29, 1.82) is 0 Å². The van der Waals surface area contributed by atoms with E-state index in [0.717, 1.165) is 12.0 Å². The van der Waals surface area contributed by atoms with Crippen LogP contribution in [0.2, 0.25) is 0 Å². The minimum absolute atomic E-state index is 0.0328. The van der Waals surface area contributed by atoms with Crippen LogP contribution < -0.4 is 5.32 Å². The third kappa shape index (κ3) is 4.17. The van der Waals surface area contributed by atoms with Gasteiger partial charge in [-0.25, -0.2) is 0 Å². The summed E-state index contributed by atoms with van der Waals surface area (Å²) >= 11 is 1.28. The Balaban J connectivity index is 1.51. The van der Waals surface area contributed by atoms with Gasteiger partial charge in [0.1, 0.15) is 0 Å². The third-order valence-corrected chi connectivity index (χ3v) is 5.63. The second-order valence-corrected chi connectivity index (χ2v) is 7.40. The molecule has 3 unspecified atom stereocenters. The monoisotopic (exact) mass is 345 g/mol. The van der Waals surface area contributed by atoms with Crippen molar-refractivity contribution in [2.45, 2.75) is 44.4 Å². The van der Waals surface area contributed by atoms with Crippen molar-refractivity contribution in [3.05, 3.63) is 30.3 Å². The SMILES string of the molecule is CC1CCCC(NC(=O)CSc2nnc(-c3ccccc3)o2)C1C. The van der Waals surface area contributed by atoms with Crippen molar-refractivity contribution in [3.63, 3.8) is 0 Å². The van der Waals surface area contributed by atoms with E-state index >= 15 is 0 Å². The van der Waals surface area contributed by atoms with E-state index in [2.05, 4.69) is 29.4 Å². The van der Waals surface area contributed by atoms with Crippen LogP contribution in [-0.2, 0) is 4.79 Å². The molecule has 5 nitrogen and oxygen atoms in total. The maximum absolute atomic E-state index is 12.2. The van der Waals surface area contributed by atoms with E-state index in [-0.39, 0.29) is 11.9 Å². The standard InChI is InChI=1S/C18H23N3O2S/c1-12-7-6-10-15(13(12)2)19-16(22)11-24-18-21-20-17(23-18)14-8-4-3-5-9-14/h3-5,8-9,12-13,15H,6-7,10-11H2,1-2H3,(H,19,22). The van der Waals surface area contributed by atoms with Crippen LogP contribution in [0.3, 0.4) is 0 Å². The molecule has 0 saturated heterocycles. The average Bonchev–Trinajstić information content (AvgIpc) is 3.07. The summed E-state index contributed by atoms with van der Waals surface area (Å²) in [4.78, 5) is 12.2. The lowest BCUT2D eigenvalue weighted by Gasteiger charge is -2.34. The van der Waals surface area contributed by atoms with Gasteiger partial charge in [0, 0.05) is 11.6 Å². The van der Waals surface area contributed by atoms with Crippen LogP contribution in [0.4, 0.5) is 0 Å². The van der Waals surface area contributed by atoms with E-state index in [1.807, 2.05) is 30.3 Å². The summed E-state index contributed by atoms with van der Waals surface area (Å²) in [5.41, 5.74) is 0.881. The van der Waals surface area contributed by atoms with Crippen LogP contribution in [-0.4, -0.2) is 27.9 Å². The van der Waals surface area contributed by atoms with Gasteiger partial charge in [0.15, 0.2) is 0 Å². The first kappa shape index (κ1) is 17.0. The number of hydrogen-bond acceptors (Lipinski definition) is 5. The first-order chi connectivity index (χ1) is 11.6. The second kappa shape index (κ2) is 7.83. The van der Waals surface area contributed by atoms with Gasteiger partial charge in [0.05, 0.1) is 5.75 Å². The largest absolute Gasteiger partial charge is 0.411 e. The molecular weight excluding hydrogens is 322 g/mol. The molecule has 3 atom stereocenters. The quantitative estimate of drug-likeness (QED) is 0.836. The second-order valence-electron chi connectivity index (χ2n) is 6.47. The molecule has 3 rings (SSSR count). The number of rotatable bonds is 5.